The van der Waals surface area contributed by atoms with Crippen LogP contribution in [-0.4, -0.2) is 66.0 Å². The highest BCUT2D eigenvalue weighted by atomic mass is 127. The van der Waals surface area contributed by atoms with Gasteiger partial charge < -0.3 is 24.8 Å². The highest BCUT2D eigenvalue weighted by molar-refractivity contribution is 14.0. The fraction of sp³-hybridized carbons (Fsp3) is 0.550. The van der Waals surface area contributed by atoms with E-state index in [-0.39, 0.29) is 24.0 Å². The van der Waals surface area contributed by atoms with E-state index in [4.69, 9.17) is 9.73 Å². The van der Waals surface area contributed by atoms with E-state index >= 15 is 0 Å². The zero-order valence-electron chi connectivity index (χ0n) is 17.9. The lowest BCUT2D eigenvalue weighted by molar-refractivity contribution is 0.259. The van der Waals surface area contributed by atoms with Crippen molar-refractivity contribution in [3.8, 4) is 5.75 Å². The lowest BCUT2D eigenvalue weighted by atomic mass is 10.2. The van der Waals surface area contributed by atoms with Gasteiger partial charge in [-0.15, -0.1) is 34.2 Å². The van der Waals surface area contributed by atoms with Crippen molar-refractivity contribution in [2.75, 3.05) is 40.3 Å². The molecule has 0 atom stereocenters. The Morgan fingerprint density at radius 2 is 2.00 bits per heavy atom. The lowest BCUT2D eigenvalue weighted by Gasteiger charge is -2.14. The van der Waals surface area contributed by atoms with E-state index < -0.39 is 0 Å². The minimum Gasteiger partial charge on any atom is -0.492 e. The van der Waals surface area contributed by atoms with Crippen LogP contribution in [-0.2, 0) is 19.5 Å². The van der Waals surface area contributed by atoms with E-state index in [0.717, 1.165) is 55.7 Å². The molecule has 0 radical (unpaired) electrons. The van der Waals surface area contributed by atoms with Crippen molar-refractivity contribution in [2.45, 2.75) is 33.4 Å². The van der Waals surface area contributed by atoms with Crippen molar-refractivity contribution >= 4 is 29.9 Å². The van der Waals surface area contributed by atoms with Gasteiger partial charge in [0.25, 0.3) is 0 Å². The number of nitrogens with zero attached hydrogens (tertiary/aromatic N) is 5. The maximum absolute atomic E-state index is 5.93. The van der Waals surface area contributed by atoms with Gasteiger partial charge in [0.2, 0.25) is 0 Å². The summed E-state index contributed by atoms with van der Waals surface area (Å²) in [5.74, 6) is 2.67. The first-order chi connectivity index (χ1) is 13.6. The van der Waals surface area contributed by atoms with Crippen molar-refractivity contribution in [3.05, 3.63) is 42.0 Å². The van der Waals surface area contributed by atoms with E-state index in [1.54, 1.807) is 6.33 Å². The largest absolute Gasteiger partial charge is 0.492 e. The second-order valence-corrected chi connectivity index (χ2v) is 6.68. The van der Waals surface area contributed by atoms with Crippen LogP contribution in [0.25, 0.3) is 0 Å². The molecule has 0 unspecified atom stereocenters. The third-order valence-electron chi connectivity index (χ3n) is 4.18. The summed E-state index contributed by atoms with van der Waals surface area (Å²) < 4.78 is 7.99. The molecule has 0 aliphatic heterocycles. The normalized spacial score (nSPS) is 11.3. The zero-order chi connectivity index (χ0) is 20.2. The smallest absolute Gasteiger partial charge is 0.191 e. The second-order valence-electron chi connectivity index (χ2n) is 6.68. The summed E-state index contributed by atoms with van der Waals surface area (Å²) in [6.45, 7) is 8.58. The number of halogens is 1. The minimum absolute atomic E-state index is 0. The average Bonchev–Trinajstić information content (AvgIpc) is 3.14. The molecule has 0 saturated carbocycles. The quantitative estimate of drug-likeness (QED) is 0.271. The molecule has 1 aromatic carbocycles. The van der Waals surface area contributed by atoms with Crippen molar-refractivity contribution in [1.29, 1.82) is 0 Å². The maximum Gasteiger partial charge on any atom is 0.191 e. The predicted molar refractivity (Wildman–Crippen MR) is 128 cm³/mol. The number of benzene rings is 1. The second kappa shape index (κ2) is 14.2. The van der Waals surface area contributed by atoms with Crippen LogP contribution in [0.15, 0.2) is 35.6 Å². The van der Waals surface area contributed by atoms with Gasteiger partial charge in [-0.1, -0.05) is 25.1 Å². The van der Waals surface area contributed by atoms with Crippen molar-refractivity contribution in [3.63, 3.8) is 0 Å². The molecule has 2 aromatic rings. The number of hydrogen-bond donors (Lipinski definition) is 2. The molecule has 0 aliphatic rings. The van der Waals surface area contributed by atoms with E-state index in [2.05, 4.69) is 50.2 Å². The van der Waals surface area contributed by atoms with Gasteiger partial charge in [-0.3, -0.25) is 0 Å². The van der Waals surface area contributed by atoms with Gasteiger partial charge in [-0.2, -0.15) is 0 Å². The maximum atomic E-state index is 5.93. The Hall–Kier alpha value is -1.88. The SMILES string of the molecule is CCNC(=NCc1ccccc1OCCN(C)C)NCCn1cnnc1CC.I. The number of rotatable bonds is 11. The van der Waals surface area contributed by atoms with Crippen LogP contribution in [0, 0.1) is 0 Å². The third-order valence-corrected chi connectivity index (χ3v) is 4.18. The fourth-order valence-electron chi connectivity index (χ4n) is 2.65. The Kier molecular flexibility index (Phi) is 12.3. The molecule has 0 amide bonds. The summed E-state index contributed by atoms with van der Waals surface area (Å²) in [5.41, 5.74) is 1.07. The highest BCUT2D eigenvalue weighted by Crippen LogP contribution is 2.18. The van der Waals surface area contributed by atoms with Crippen LogP contribution >= 0.6 is 24.0 Å². The first-order valence-electron chi connectivity index (χ1n) is 9.88. The average molecular weight is 515 g/mol. The fourth-order valence-corrected chi connectivity index (χ4v) is 2.65. The molecule has 2 N–H and O–H groups in total. The summed E-state index contributed by atoms with van der Waals surface area (Å²) in [6, 6.07) is 8.07. The van der Waals surface area contributed by atoms with Crippen molar-refractivity contribution in [1.82, 2.24) is 30.3 Å². The third kappa shape index (κ3) is 8.99. The Morgan fingerprint density at radius 1 is 1.21 bits per heavy atom. The van der Waals surface area contributed by atoms with Crippen LogP contribution in [0.4, 0.5) is 0 Å². The van der Waals surface area contributed by atoms with E-state index in [1.165, 1.54) is 0 Å². The summed E-state index contributed by atoms with van der Waals surface area (Å²) >= 11 is 0. The number of aryl methyl sites for hydroxylation is 1. The van der Waals surface area contributed by atoms with Crippen LogP contribution in [0.1, 0.15) is 25.2 Å². The molecular weight excluding hydrogens is 481 g/mol. The standard InChI is InChI=1S/C20H33N7O.HI/c1-5-19-25-24-16-27(19)12-11-22-20(21-6-2)23-15-17-9-7-8-10-18(17)28-14-13-26(3)4;/h7-10,16H,5-6,11-15H2,1-4H3,(H2,21,22,23);1H. The molecule has 0 bridgehead atoms. The van der Waals surface area contributed by atoms with Gasteiger partial charge in [0.15, 0.2) is 5.96 Å². The summed E-state index contributed by atoms with van der Waals surface area (Å²) in [4.78, 5) is 6.82. The summed E-state index contributed by atoms with van der Waals surface area (Å²) in [7, 11) is 4.08. The minimum atomic E-state index is 0. The molecule has 162 valence electrons. The van der Waals surface area contributed by atoms with Crippen LogP contribution < -0.4 is 15.4 Å². The lowest BCUT2D eigenvalue weighted by Crippen LogP contribution is -2.38. The number of para-hydroxylation sites is 1. The predicted octanol–water partition coefficient (Wildman–Crippen LogP) is 2.15. The Morgan fingerprint density at radius 3 is 2.72 bits per heavy atom. The molecule has 0 spiro atoms. The molecule has 9 heteroatoms. The summed E-state index contributed by atoms with van der Waals surface area (Å²) in [5, 5.41) is 14.7. The van der Waals surface area contributed by atoms with Crippen LogP contribution in [0.5, 0.6) is 5.75 Å². The number of ether oxygens (including phenoxy) is 1. The van der Waals surface area contributed by atoms with Crippen LogP contribution in [0.2, 0.25) is 0 Å². The van der Waals surface area contributed by atoms with Gasteiger partial charge >= 0.3 is 0 Å². The Balaban J connectivity index is 0.00000420. The Labute approximate surface area is 191 Å². The van der Waals surface area contributed by atoms with Crippen molar-refractivity contribution < 1.29 is 4.74 Å². The molecular formula is C20H34IN7O. The molecule has 1 heterocycles. The zero-order valence-corrected chi connectivity index (χ0v) is 20.2. The number of likely N-dealkylation sites (N-methyl/N-ethyl adjacent to an activating group) is 1. The number of hydrogen-bond acceptors (Lipinski definition) is 5. The number of guanidine groups is 1. The Bertz CT molecular complexity index is 733. The van der Waals surface area contributed by atoms with E-state index in [9.17, 15) is 0 Å². The van der Waals surface area contributed by atoms with Gasteiger partial charge in [-0.05, 0) is 27.1 Å². The van der Waals surface area contributed by atoms with Crippen molar-refractivity contribution in [2.24, 2.45) is 4.99 Å². The molecule has 29 heavy (non-hydrogen) atoms. The number of nitrogens with one attached hydrogen (secondary N) is 2. The molecule has 1 aromatic heterocycles. The van der Waals surface area contributed by atoms with Gasteiger partial charge in [-0.25, -0.2) is 4.99 Å². The molecule has 8 nitrogen and oxygen atoms in total. The van der Waals surface area contributed by atoms with Gasteiger partial charge in [0.05, 0.1) is 6.54 Å². The van der Waals surface area contributed by atoms with E-state index in [0.29, 0.717) is 13.2 Å². The van der Waals surface area contributed by atoms with E-state index in [1.807, 2.05) is 32.3 Å². The monoisotopic (exact) mass is 515 g/mol. The first kappa shape index (κ1) is 25.2. The topological polar surface area (TPSA) is 79.6 Å². The molecule has 0 fully saturated rings. The number of aromatic nitrogens is 3. The molecule has 0 aliphatic carbocycles. The molecule has 0 saturated heterocycles. The summed E-state index contributed by atoms with van der Waals surface area (Å²) in [6.07, 6.45) is 2.64. The van der Waals surface area contributed by atoms with Crippen LogP contribution in [0.3, 0.4) is 0 Å². The highest BCUT2D eigenvalue weighted by Gasteiger charge is 2.05. The molecule has 2 rings (SSSR count). The van der Waals surface area contributed by atoms with Gasteiger partial charge in [0, 0.05) is 38.2 Å². The number of aliphatic imine (C=N–C) groups is 1. The van der Waals surface area contributed by atoms with Gasteiger partial charge in [0.1, 0.15) is 24.5 Å². The first-order valence-corrected chi connectivity index (χ1v) is 9.88.